The lowest BCUT2D eigenvalue weighted by Crippen LogP contribution is -2.26. The Morgan fingerprint density at radius 2 is 1.88 bits per heavy atom. The number of hydrogen-bond acceptors (Lipinski definition) is 3. The topological polar surface area (TPSA) is 53.2 Å². The lowest BCUT2D eigenvalue weighted by molar-refractivity contribution is 0.0996. The molecule has 0 radical (unpaired) electrons. The second-order valence-electron chi connectivity index (χ2n) is 6.17. The number of fused-ring (bicyclic) bond motifs is 3. The monoisotopic (exact) mass is 366 g/mol. The molecule has 0 aliphatic carbocycles. The average Bonchev–Trinajstić information content (AvgIpc) is 3.08. The zero-order valence-electron chi connectivity index (χ0n) is 14.2. The molecule has 2 aromatic carbocycles. The normalized spacial score (nSPS) is 11.2. The van der Waals surface area contributed by atoms with E-state index in [9.17, 15) is 14.0 Å². The fraction of sp³-hybridized carbons (Fsp3) is 0.100. The van der Waals surface area contributed by atoms with Gasteiger partial charge in [0.25, 0.3) is 11.5 Å². The van der Waals surface area contributed by atoms with Crippen LogP contribution >= 0.6 is 11.3 Å². The minimum Gasteiger partial charge on any atom is -0.321 e. The molecule has 0 saturated heterocycles. The molecular formula is C20H15FN2O2S. The third-order valence-electron chi connectivity index (χ3n) is 4.37. The maximum Gasteiger partial charge on any atom is 0.268 e. The van der Waals surface area contributed by atoms with Crippen molar-refractivity contribution in [2.75, 3.05) is 11.9 Å². The first kappa shape index (κ1) is 16.5. The van der Waals surface area contributed by atoms with Gasteiger partial charge in [-0.15, -0.1) is 11.3 Å². The summed E-state index contributed by atoms with van der Waals surface area (Å²) in [5.41, 5.74) is 1.76. The van der Waals surface area contributed by atoms with Gasteiger partial charge in [-0.05, 0) is 37.3 Å². The van der Waals surface area contributed by atoms with E-state index in [4.69, 9.17) is 0 Å². The van der Waals surface area contributed by atoms with Crippen molar-refractivity contribution in [3.05, 3.63) is 75.1 Å². The Hall–Kier alpha value is -2.99. The van der Waals surface area contributed by atoms with Crippen LogP contribution < -0.4 is 10.5 Å². The third-order valence-corrected chi connectivity index (χ3v) is 5.53. The van der Waals surface area contributed by atoms with E-state index in [-0.39, 0.29) is 17.2 Å². The summed E-state index contributed by atoms with van der Waals surface area (Å²) in [6.07, 6.45) is 0. The summed E-state index contributed by atoms with van der Waals surface area (Å²) in [6.45, 7) is 1.97. The molecule has 0 saturated carbocycles. The van der Waals surface area contributed by atoms with Crippen LogP contribution in [0.5, 0.6) is 0 Å². The smallest absolute Gasteiger partial charge is 0.268 e. The van der Waals surface area contributed by atoms with Gasteiger partial charge in [-0.2, -0.15) is 0 Å². The van der Waals surface area contributed by atoms with Gasteiger partial charge < -0.3 is 9.88 Å². The number of carbonyl (C=O) groups excluding carboxylic acids is 1. The van der Waals surface area contributed by atoms with Crippen LogP contribution in [-0.2, 0) is 0 Å². The Morgan fingerprint density at radius 3 is 2.65 bits per heavy atom. The maximum absolute atomic E-state index is 14.0. The zero-order valence-corrected chi connectivity index (χ0v) is 15.0. The number of aromatic nitrogens is 1. The first-order valence-electron chi connectivity index (χ1n) is 8.04. The quantitative estimate of drug-likeness (QED) is 0.569. The van der Waals surface area contributed by atoms with Crippen LogP contribution in [0.4, 0.5) is 10.1 Å². The fourth-order valence-corrected chi connectivity index (χ4v) is 4.17. The summed E-state index contributed by atoms with van der Waals surface area (Å²) in [7, 11) is 1.53. The largest absolute Gasteiger partial charge is 0.321 e. The van der Waals surface area contributed by atoms with Crippen molar-refractivity contribution in [2.24, 2.45) is 0 Å². The van der Waals surface area contributed by atoms with Crippen molar-refractivity contribution in [2.45, 2.75) is 6.92 Å². The standard InChI is InChI=1S/C20H15FN2O2S/c1-11-7-8-15-12(9-11)18-13(19(24)22-15)10-17(26-18)20(25)23(2)16-6-4-3-5-14(16)21/h3-10H,1-2H3,(H,22,24). The van der Waals surface area contributed by atoms with Crippen LogP contribution in [0, 0.1) is 12.7 Å². The van der Waals surface area contributed by atoms with E-state index in [1.807, 2.05) is 25.1 Å². The number of pyridine rings is 1. The third kappa shape index (κ3) is 2.59. The number of nitrogens with zero attached hydrogens (tertiary/aromatic N) is 1. The molecule has 2 heterocycles. The highest BCUT2D eigenvalue weighted by Gasteiger charge is 2.20. The molecule has 130 valence electrons. The van der Waals surface area contributed by atoms with Crippen molar-refractivity contribution >= 4 is 43.9 Å². The fourth-order valence-electron chi connectivity index (χ4n) is 3.01. The van der Waals surface area contributed by atoms with Gasteiger partial charge in [0.1, 0.15) is 5.82 Å². The van der Waals surface area contributed by atoms with Gasteiger partial charge in [0.05, 0.1) is 16.0 Å². The van der Waals surface area contributed by atoms with Gasteiger partial charge in [0, 0.05) is 22.7 Å². The SMILES string of the molecule is Cc1ccc2[nH]c(=O)c3cc(C(=O)N(C)c4ccccc4F)sc3c2c1. The van der Waals surface area contributed by atoms with E-state index < -0.39 is 5.82 Å². The maximum atomic E-state index is 14.0. The molecule has 6 heteroatoms. The van der Waals surface area contributed by atoms with Gasteiger partial charge >= 0.3 is 0 Å². The summed E-state index contributed by atoms with van der Waals surface area (Å²) < 4.78 is 14.8. The Morgan fingerprint density at radius 1 is 1.12 bits per heavy atom. The van der Waals surface area contributed by atoms with E-state index >= 15 is 0 Å². The predicted molar refractivity (Wildman–Crippen MR) is 104 cm³/mol. The Bertz CT molecular complexity index is 1230. The number of H-pyrrole nitrogens is 1. The molecular weight excluding hydrogens is 351 g/mol. The number of benzene rings is 2. The van der Waals surface area contributed by atoms with Crippen LogP contribution in [-0.4, -0.2) is 17.9 Å². The molecule has 0 fully saturated rings. The second-order valence-corrected chi connectivity index (χ2v) is 7.22. The van der Waals surface area contributed by atoms with Gasteiger partial charge in [0.2, 0.25) is 0 Å². The number of anilines is 1. The number of rotatable bonds is 2. The lowest BCUT2D eigenvalue weighted by atomic mass is 10.1. The predicted octanol–water partition coefficient (Wildman–Crippen LogP) is 4.47. The van der Waals surface area contributed by atoms with E-state index in [0.29, 0.717) is 10.3 Å². The molecule has 26 heavy (non-hydrogen) atoms. The number of para-hydroxylation sites is 1. The number of amides is 1. The number of thiophene rings is 1. The molecule has 0 bridgehead atoms. The minimum absolute atomic E-state index is 0.199. The highest BCUT2D eigenvalue weighted by molar-refractivity contribution is 7.21. The van der Waals surface area contributed by atoms with Crippen LogP contribution in [0.1, 0.15) is 15.2 Å². The van der Waals surface area contributed by atoms with Gasteiger partial charge in [-0.25, -0.2) is 4.39 Å². The van der Waals surface area contributed by atoms with Crippen molar-refractivity contribution in [1.29, 1.82) is 0 Å². The zero-order chi connectivity index (χ0) is 18.4. The van der Waals surface area contributed by atoms with Crippen LogP contribution in [0.3, 0.4) is 0 Å². The molecule has 1 amide bonds. The summed E-state index contributed by atoms with van der Waals surface area (Å²) >= 11 is 1.25. The van der Waals surface area contributed by atoms with Crippen LogP contribution in [0.2, 0.25) is 0 Å². The molecule has 4 aromatic rings. The van der Waals surface area contributed by atoms with Gasteiger partial charge in [0.15, 0.2) is 0 Å². The molecule has 0 spiro atoms. The van der Waals surface area contributed by atoms with Crippen LogP contribution in [0.25, 0.3) is 21.0 Å². The lowest BCUT2D eigenvalue weighted by Gasteiger charge is -2.16. The number of aromatic amines is 1. The van der Waals surface area contributed by atoms with E-state index in [1.54, 1.807) is 24.3 Å². The number of hydrogen-bond donors (Lipinski definition) is 1. The highest BCUT2D eigenvalue weighted by atomic mass is 32.1. The Kier molecular flexibility index (Phi) is 3.85. The van der Waals surface area contributed by atoms with Crippen molar-refractivity contribution in [3.63, 3.8) is 0 Å². The van der Waals surface area contributed by atoms with Crippen molar-refractivity contribution < 1.29 is 9.18 Å². The van der Waals surface area contributed by atoms with Crippen LogP contribution in [0.15, 0.2) is 53.3 Å². The summed E-state index contributed by atoms with van der Waals surface area (Å²) in [5, 5.41) is 1.37. The van der Waals surface area contributed by atoms with E-state index in [1.165, 1.54) is 29.4 Å². The van der Waals surface area contributed by atoms with Gasteiger partial charge in [-0.3, -0.25) is 9.59 Å². The molecule has 0 atom stereocenters. The van der Waals surface area contributed by atoms with Crippen molar-refractivity contribution in [3.8, 4) is 0 Å². The molecule has 0 unspecified atom stereocenters. The summed E-state index contributed by atoms with van der Waals surface area (Å²) in [4.78, 5) is 29.7. The average molecular weight is 366 g/mol. The first-order valence-corrected chi connectivity index (χ1v) is 8.86. The minimum atomic E-state index is -0.469. The van der Waals surface area contributed by atoms with E-state index in [0.717, 1.165) is 21.2 Å². The molecule has 1 N–H and O–H groups in total. The molecule has 0 aliphatic heterocycles. The first-order chi connectivity index (χ1) is 12.5. The number of aryl methyl sites for hydroxylation is 1. The summed E-state index contributed by atoms with van der Waals surface area (Å²) in [6, 6.07) is 13.5. The van der Waals surface area contributed by atoms with Gasteiger partial charge in [-0.1, -0.05) is 23.8 Å². The molecule has 0 aliphatic rings. The number of carbonyl (C=O) groups is 1. The Labute approximate surface area is 152 Å². The summed E-state index contributed by atoms with van der Waals surface area (Å²) in [5.74, 6) is -0.820. The molecule has 4 nitrogen and oxygen atoms in total. The second kappa shape index (κ2) is 6.07. The number of nitrogens with one attached hydrogen (secondary N) is 1. The Balaban J connectivity index is 1.87. The molecule has 4 rings (SSSR count). The molecule has 2 aromatic heterocycles. The number of halogens is 1. The van der Waals surface area contributed by atoms with E-state index in [2.05, 4.69) is 4.98 Å². The highest BCUT2D eigenvalue weighted by Crippen LogP contribution is 2.31. The van der Waals surface area contributed by atoms with Crippen molar-refractivity contribution in [1.82, 2.24) is 4.98 Å².